The molecule has 9 heteroatoms. The minimum Gasteiger partial charge on any atom is -0.475 e. The summed E-state index contributed by atoms with van der Waals surface area (Å²) in [5.41, 5.74) is 8.85. The van der Waals surface area contributed by atoms with Gasteiger partial charge in [0.05, 0.1) is 17.6 Å². The van der Waals surface area contributed by atoms with Gasteiger partial charge >= 0.3 is 5.97 Å². The molecule has 0 bridgehead atoms. The number of furan rings is 1. The van der Waals surface area contributed by atoms with Gasteiger partial charge in [-0.2, -0.15) is 0 Å². The molecule has 6 rings (SSSR count). The highest BCUT2D eigenvalue weighted by Gasteiger charge is 2.28. The van der Waals surface area contributed by atoms with Crippen LogP contribution in [0.3, 0.4) is 0 Å². The Morgan fingerprint density at radius 3 is 2.33 bits per heavy atom. The van der Waals surface area contributed by atoms with E-state index in [0.717, 1.165) is 66.9 Å². The zero-order valence-corrected chi connectivity index (χ0v) is 24.4. The number of carbonyl (C=O) groups is 2. The number of aromatic carboxylic acids is 1. The maximum atomic E-state index is 13.7. The van der Waals surface area contributed by atoms with Crippen molar-refractivity contribution < 1.29 is 19.1 Å². The van der Waals surface area contributed by atoms with Gasteiger partial charge in [-0.1, -0.05) is 31.4 Å². The number of fused-ring (bicyclic) bond motifs is 1. The lowest BCUT2D eigenvalue weighted by atomic mass is 9.88. The van der Waals surface area contributed by atoms with Crippen molar-refractivity contribution in [1.29, 1.82) is 0 Å². The van der Waals surface area contributed by atoms with Crippen LogP contribution in [0.2, 0.25) is 0 Å². The number of anilines is 1. The Hall–Kier alpha value is -3.95. The molecule has 1 amide bonds. The lowest BCUT2D eigenvalue weighted by molar-refractivity contribution is -0.123. The standard InChI is InChI=1S/C27H27N3O4.C6H14N2/c1-29-22-10-6-5-9-21(22)28-25(29)17-30(26(31)19-7-3-2-4-8-19)20-13-11-18(12-14-20)23-15-16-24(34-23)27(32)33;7-3-6-8-4-1-2-5-8/h5-6,9-16,19H,2-4,7-8,17H2,1H3,(H,32,33);1-7H2. The molecule has 1 saturated carbocycles. The van der Waals surface area contributed by atoms with Crippen molar-refractivity contribution in [2.75, 3.05) is 31.1 Å². The van der Waals surface area contributed by atoms with E-state index in [1.165, 1.54) is 38.4 Å². The van der Waals surface area contributed by atoms with Crippen LogP contribution in [0.25, 0.3) is 22.4 Å². The summed E-state index contributed by atoms with van der Waals surface area (Å²) in [6.07, 6.45) is 7.94. The molecule has 9 nitrogen and oxygen atoms in total. The highest BCUT2D eigenvalue weighted by molar-refractivity contribution is 5.95. The van der Waals surface area contributed by atoms with Crippen molar-refractivity contribution in [3.05, 3.63) is 72.2 Å². The number of imidazole rings is 1. The molecule has 1 aliphatic heterocycles. The van der Waals surface area contributed by atoms with Crippen LogP contribution < -0.4 is 10.6 Å². The number of carboxylic acid groups (broad SMARTS) is 1. The Morgan fingerprint density at radius 1 is 0.976 bits per heavy atom. The van der Waals surface area contributed by atoms with E-state index >= 15 is 0 Å². The fraction of sp³-hybridized carbons (Fsp3) is 0.424. The smallest absolute Gasteiger partial charge is 0.371 e. The van der Waals surface area contributed by atoms with E-state index in [-0.39, 0.29) is 17.6 Å². The minimum absolute atomic E-state index is 0.0197. The minimum atomic E-state index is -1.10. The van der Waals surface area contributed by atoms with Crippen molar-refractivity contribution in [2.45, 2.75) is 51.5 Å². The lowest BCUT2D eigenvalue weighted by Crippen LogP contribution is -2.37. The number of carbonyl (C=O) groups excluding carboxylic acids is 1. The fourth-order valence-electron chi connectivity index (χ4n) is 5.95. The van der Waals surface area contributed by atoms with E-state index in [1.807, 2.05) is 65.0 Å². The molecule has 1 aliphatic carbocycles. The third-order valence-corrected chi connectivity index (χ3v) is 8.32. The molecule has 2 aromatic carbocycles. The number of para-hydroxylation sites is 2. The van der Waals surface area contributed by atoms with Crippen molar-refractivity contribution in [3.63, 3.8) is 0 Å². The molecule has 222 valence electrons. The molecule has 2 aromatic heterocycles. The van der Waals surface area contributed by atoms with Gasteiger partial charge in [0.2, 0.25) is 11.7 Å². The summed E-state index contributed by atoms with van der Waals surface area (Å²) in [5.74, 6) is 0.248. The first kappa shape index (κ1) is 29.5. The normalized spacial score (nSPS) is 15.9. The summed E-state index contributed by atoms with van der Waals surface area (Å²) in [6, 6.07) is 18.5. The zero-order chi connectivity index (χ0) is 29.5. The van der Waals surface area contributed by atoms with Crippen LogP contribution in [0.15, 0.2) is 65.1 Å². The Kier molecular flexibility index (Phi) is 9.71. The van der Waals surface area contributed by atoms with Crippen molar-refractivity contribution in [2.24, 2.45) is 18.7 Å². The summed E-state index contributed by atoms with van der Waals surface area (Å²) in [4.78, 5) is 33.8. The number of aromatic nitrogens is 2. The van der Waals surface area contributed by atoms with Crippen LogP contribution in [-0.4, -0.2) is 57.6 Å². The van der Waals surface area contributed by atoms with Crippen molar-refractivity contribution >= 4 is 28.6 Å². The number of rotatable bonds is 8. The Morgan fingerprint density at radius 2 is 1.69 bits per heavy atom. The van der Waals surface area contributed by atoms with Crippen LogP contribution in [0.4, 0.5) is 5.69 Å². The predicted octanol–water partition coefficient (Wildman–Crippen LogP) is 5.69. The average Bonchev–Trinajstić information content (AvgIpc) is 3.79. The quantitative estimate of drug-likeness (QED) is 0.279. The first-order chi connectivity index (χ1) is 20.4. The third-order valence-electron chi connectivity index (χ3n) is 8.32. The highest BCUT2D eigenvalue weighted by atomic mass is 16.4. The molecule has 0 radical (unpaired) electrons. The molecule has 3 heterocycles. The Balaban J connectivity index is 0.000000382. The van der Waals surface area contributed by atoms with Crippen LogP contribution in [0.1, 0.15) is 61.3 Å². The summed E-state index contributed by atoms with van der Waals surface area (Å²) in [6.45, 7) is 4.85. The molecular weight excluding hydrogens is 530 g/mol. The zero-order valence-electron chi connectivity index (χ0n) is 24.4. The topological polar surface area (TPSA) is 118 Å². The number of likely N-dealkylation sites (tertiary alicyclic amines) is 1. The van der Waals surface area contributed by atoms with Gasteiger partial charge < -0.3 is 29.6 Å². The van der Waals surface area contributed by atoms with Gasteiger partial charge in [-0.15, -0.1) is 0 Å². The molecule has 42 heavy (non-hydrogen) atoms. The van der Waals surface area contributed by atoms with Gasteiger partial charge in [0.15, 0.2) is 0 Å². The Bertz CT molecular complexity index is 1480. The number of nitrogens with two attached hydrogens (primary N) is 1. The second-order valence-corrected chi connectivity index (χ2v) is 11.2. The fourth-order valence-corrected chi connectivity index (χ4v) is 5.95. The molecule has 2 aliphatic rings. The number of hydrogen-bond acceptors (Lipinski definition) is 6. The van der Waals surface area contributed by atoms with Crippen LogP contribution in [-0.2, 0) is 18.4 Å². The van der Waals surface area contributed by atoms with E-state index in [1.54, 1.807) is 6.07 Å². The SMILES string of the molecule is Cn1c(CN(C(=O)C2CCCCC2)c2ccc(-c3ccc(C(=O)O)o3)cc2)nc2ccccc21.NCCN1CCCC1. The second kappa shape index (κ2) is 13.8. The Labute approximate surface area is 246 Å². The third kappa shape index (κ3) is 6.91. The second-order valence-electron chi connectivity index (χ2n) is 11.2. The summed E-state index contributed by atoms with van der Waals surface area (Å²) in [7, 11) is 1.98. The first-order valence-corrected chi connectivity index (χ1v) is 15.0. The van der Waals surface area contributed by atoms with Gasteiger partial charge in [0, 0.05) is 37.3 Å². The van der Waals surface area contributed by atoms with Gasteiger partial charge in [-0.05, 0) is 87.3 Å². The molecular formula is C33H41N5O4. The molecule has 3 N–H and O–H groups in total. The van der Waals surface area contributed by atoms with Gasteiger partial charge in [-0.3, -0.25) is 4.79 Å². The van der Waals surface area contributed by atoms with Crippen molar-refractivity contribution in [3.8, 4) is 11.3 Å². The summed E-state index contributed by atoms with van der Waals surface area (Å²) < 4.78 is 7.47. The molecule has 4 aromatic rings. The number of aryl methyl sites for hydroxylation is 1. The first-order valence-electron chi connectivity index (χ1n) is 15.0. The number of benzene rings is 2. The van der Waals surface area contributed by atoms with Gasteiger partial charge in [-0.25, -0.2) is 9.78 Å². The van der Waals surface area contributed by atoms with E-state index in [4.69, 9.17) is 20.2 Å². The number of hydrogen-bond donors (Lipinski definition) is 2. The largest absolute Gasteiger partial charge is 0.475 e. The molecule has 0 atom stereocenters. The van der Waals surface area contributed by atoms with Gasteiger partial charge in [0.25, 0.3) is 0 Å². The predicted molar refractivity (Wildman–Crippen MR) is 164 cm³/mol. The van der Waals surface area contributed by atoms with E-state index in [2.05, 4.69) is 4.90 Å². The number of amides is 1. The summed E-state index contributed by atoms with van der Waals surface area (Å²) >= 11 is 0. The maximum absolute atomic E-state index is 13.7. The van der Waals surface area contributed by atoms with E-state index in [0.29, 0.717) is 12.3 Å². The molecule has 0 spiro atoms. The maximum Gasteiger partial charge on any atom is 0.371 e. The average molecular weight is 572 g/mol. The molecule has 2 fully saturated rings. The summed E-state index contributed by atoms with van der Waals surface area (Å²) in [5, 5.41) is 9.12. The number of carboxylic acids is 1. The highest BCUT2D eigenvalue weighted by Crippen LogP contribution is 2.31. The van der Waals surface area contributed by atoms with E-state index < -0.39 is 5.97 Å². The molecule has 0 unspecified atom stereocenters. The number of nitrogens with zero attached hydrogens (tertiary/aromatic N) is 4. The van der Waals surface area contributed by atoms with E-state index in [9.17, 15) is 9.59 Å². The van der Waals surface area contributed by atoms with Crippen LogP contribution in [0.5, 0.6) is 0 Å². The van der Waals surface area contributed by atoms with Crippen LogP contribution in [0, 0.1) is 5.92 Å². The van der Waals surface area contributed by atoms with Gasteiger partial charge in [0.1, 0.15) is 11.6 Å². The monoisotopic (exact) mass is 571 g/mol. The van der Waals surface area contributed by atoms with Crippen LogP contribution >= 0.6 is 0 Å². The molecule has 1 saturated heterocycles. The van der Waals surface area contributed by atoms with Crippen molar-refractivity contribution in [1.82, 2.24) is 14.5 Å². The lowest BCUT2D eigenvalue weighted by Gasteiger charge is -2.29.